The molecule has 9 heteroatoms. The molecule has 2 heterocycles. The van der Waals surface area contributed by atoms with Gasteiger partial charge in [0, 0.05) is 30.3 Å². The maximum Gasteiger partial charge on any atom is 0.326 e. The number of carboxylic acids is 1. The molecule has 1 unspecified atom stereocenters. The Balaban J connectivity index is 1.84. The average Bonchev–Trinajstić information content (AvgIpc) is 3.47. The Labute approximate surface area is 260 Å². The molecule has 43 heavy (non-hydrogen) atoms. The SMILES string of the molecule is COc1ccc(C(C)(C)C)cc1CN[C@H]1[C@H](C(C)(C)C)[C@@H](C(=O)O)N(C(=O)C(C)n2cc(Cl)c(C)n2)[C@H]1c1ccccc1. The molecule has 1 saturated heterocycles. The van der Waals surface area contributed by atoms with E-state index in [1.54, 1.807) is 32.1 Å². The zero-order chi connectivity index (χ0) is 31.9. The van der Waals surface area contributed by atoms with Gasteiger partial charge in [-0.15, -0.1) is 0 Å². The van der Waals surface area contributed by atoms with Crippen molar-refractivity contribution < 1.29 is 19.4 Å². The normalized spacial score (nSPS) is 21.6. The summed E-state index contributed by atoms with van der Waals surface area (Å²) in [5.41, 5.74) is 3.09. The molecule has 0 saturated carbocycles. The van der Waals surface area contributed by atoms with Crippen LogP contribution in [0.25, 0.3) is 0 Å². The third-order valence-electron chi connectivity index (χ3n) is 8.60. The quantitative estimate of drug-likeness (QED) is 0.300. The number of carboxylic acid groups (broad SMARTS) is 1. The molecule has 3 aromatic rings. The molecule has 5 atom stereocenters. The predicted octanol–water partition coefficient (Wildman–Crippen LogP) is 6.57. The molecule has 4 rings (SSSR count). The molecular weight excluding hydrogens is 564 g/mol. The highest BCUT2D eigenvalue weighted by Crippen LogP contribution is 2.49. The Morgan fingerprint density at radius 2 is 1.74 bits per heavy atom. The molecule has 0 aliphatic carbocycles. The summed E-state index contributed by atoms with van der Waals surface area (Å²) in [5.74, 6) is -1.03. The van der Waals surface area contributed by atoms with Gasteiger partial charge >= 0.3 is 5.97 Å². The molecule has 0 spiro atoms. The van der Waals surface area contributed by atoms with Gasteiger partial charge in [0.1, 0.15) is 17.8 Å². The Morgan fingerprint density at radius 3 is 2.26 bits per heavy atom. The van der Waals surface area contributed by atoms with Crippen LogP contribution in [0.3, 0.4) is 0 Å². The lowest BCUT2D eigenvalue weighted by molar-refractivity contribution is -0.153. The molecule has 1 aromatic heterocycles. The molecule has 1 aliphatic rings. The maximum atomic E-state index is 14.4. The molecule has 8 nitrogen and oxygen atoms in total. The first kappa shape index (κ1) is 32.6. The van der Waals surface area contributed by atoms with E-state index in [2.05, 4.69) is 43.3 Å². The van der Waals surface area contributed by atoms with Gasteiger partial charge in [0.05, 0.1) is 23.9 Å². The van der Waals surface area contributed by atoms with E-state index in [0.717, 1.165) is 16.9 Å². The van der Waals surface area contributed by atoms with Crippen molar-refractivity contribution in [2.24, 2.45) is 11.3 Å². The van der Waals surface area contributed by atoms with Crippen LogP contribution in [0.4, 0.5) is 0 Å². The fourth-order valence-corrected chi connectivity index (χ4v) is 6.46. The number of aliphatic carboxylic acids is 1. The summed E-state index contributed by atoms with van der Waals surface area (Å²) in [5, 5.41) is 19.4. The van der Waals surface area contributed by atoms with E-state index in [-0.39, 0.29) is 17.4 Å². The monoisotopic (exact) mass is 608 g/mol. The van der Waals surface area contributed by atoms with Crippen LogP contribution in [0.1, 0.15) is 82.9 Å². The van der Waals surface area contributed by atoms with Gasteiger partial charge in [0.25, 0.3) is 0 Å². The van der Waals surface area contributed by atoms with E-state index in [4.69, 9.17) is 16.3 Å². The molecule has 0 bridgehead atoms. The van der Waals surface area contributed by atoms with Crippen molar-refractivity contribution >= 4 is 23.5 Å². The number of hydrogen-bond acceptors (Lipinski definition) is 5. The first-order valence-electron chi connectivity index (χ1n) is 14.8. The number of amides is 1. The van der Waals surface area contributed by atoms with E-state index in [1.165, 1.54) is 10.2 Å². The first-order chi connectivity index (χ1) is 20.1. The summed E-state index contributed by atoms with van der Waals surface area (Å²) >= 11 is 6.29. The lowest BCUT2D eigenvalue weighted by Gasteiger charge is -2.35. The number of carbonyl (C=O) groups is 2. The van der Waals surface area contributed by atoms with E-state index >= 15 is 0 Å². The second kappa shape index (κ2) is 12.3. The molecule has 0 radical (unpaired) electrons. The summed E-state index contributed by atoms with van der Waals surface area (Å²) in [6.45, 7) is 16.6. The summed E-state index contributed by atoms with van der Waals surface area (Å²) in [6, 6.07) is 13.1. The van der Waals surface area contributed by atoms with Crippen LogP contribution >= 0.6 is 11.6 Å². The first-order valence-corrected chi connectivity index (χ1v) is 15.2. The van der Waals surface area contributed by atoms with Gasteiger partial charge in [0.15, 0.2) is 0 Å². The standard InChI is InChI=1S/C34H45ClN4O4/c1-20-25(35)19-38(37-20)21(2)31(40)39-29(22-13-11-10-12-14-22)28(27(34(6,7)8)30(39)32(41)42)36-18-23-17-24(33(3,4)5)15-16-26(23)43-9/h10-17,19,21,27-30,36H,18H2,1-9H3,(H,41,42)/t21?,27-,28-,29-,30-/m0/s1. The molecule has 2 N–H and O–H groups in total. The van der Waals surface area contributed by atoms with E-state index in [0.29, 0.717) is 17.3 Å². The van der Waals surface area contributed by atoms with Gasteiger partial charge in [-0.3, -0.25) is 9.48 Å². The van der Waals surface area contributed by atoms with Crippen LogP contribution in [0.5, 0.6) is 5.75 Å². The number of carbonyl (C=O) groups excluding carboxylic acids is 1. The number of hydrogen-bond donors (Lipinski definition) is 2. The van der Waals surface area contributed by atoms with Crippen molar-refractivity contribution in [1.82, 2.24) is 20.0 Å². The Bertz CT molecular complexity index is 1440. The Morgan fingerprint density at radius 1 is 1.09 bits per heavy atom. The summed E-state index contributed by atoms with van der Waals surface area (Å²) in [6.07, 6.45) is 1.62. The number of aryl methyl sites for hydroxylation is 1. The fraction of sp³-hybridized carbons (Fsp3) is 0.500. The van der Waals surface area contributed by atoms with E-state index in [9.17, 15) is 14.7 Å². The highest BCUT2D eigenvalue weighted by Gasteiger charge is 2.58. The van der Waals surface area contributed by atoms with Crippen LogP contribution in [-0.2, 0) is 21.5 Å². The number of likely N-dealkylation sites (tertiary alicyclic amines) is 1. The topological polar surface area (TPSA) is 96.7 Å². The summed E-state index contributed by atoms with van der Waals surface area (Å²) < 4.78 is 7.25. The number of aromatic nitrogens is 2. The smallest absolute Gasteiger partial charge is 0.326 e. The van der Waals surface area contributed by atoms with Crippen LogP contribution < -0.4 is 10.1 Å². The van der Waals surface area contributed by atoms with Crippen LogP contribution in [-0.4, -0.2) is 50.9 Å². The van der Waals surface area contributed by atoms with Gasteiger partial charge in [-0.2, -0.15) is 5.10 Å². The number of nitrogens with zero attached hydrogens (tertiary/aromatic N) is 3. The lowest BCUT2D eigenvalue weighted by Crippen LogP contribution is -2.49. The third kappa shape index (κ3) is 6.60. The van der Waals surface area contributed by atoms with Gasteiger partial charge < -0.3 is 20.1 Å². The molecule has 1 amide bonds. The minimum absolute atomic E-state index is 0.0591. The van der Waals surface area contributed by atoms with E-state index in [1.807, 2.05) is 57.2 Å². The van der Waals surface area contributed by atoms with Crippen molar-refractivity contribution in [3.8, 4) is 5.75 Å². The zero-order valence-corrected chi connectivity index (χ0v) is 27.4. The molecule has 2 aromatic carbocycles. The highest BCUT2D eigenvalue weighted by atomic mass is 35.5. The largest absolute Gasteiger partial charge is 0.496 e. The average molecular weight is 609 g/mol. The van der Waals surface area contributed by atoms with Crippen molar-refractivity contribution in [2.45, 2.75) is 91.5 Å². The second-order valence-electron chi connectivity index (χ2n) is 13.7. The summed E-state index contributed by atoms with van der Waals surface area (Å²) in [4.78, 5) is 29.2. The third-order valence-corrected chi connectivity index (χ3v) is 8.97. The number of ether oxygens (including phenoxy) is 1. The lowest BCUT2D eigenvalue weighted by atomic mass is 9.72. The predicted molar refractivity (Wildman–Crippen MR) is 169 cm³/mol. The van der Waals surface area contributed by atoms with Crippen LogP contribution in [0.2, 0.25) is 5.02 Å². The zero-order valence-electron chi connectivity index (χ0n) is 26.7. The van der Waals surface area contributed by atoms with Crippen molar-refractivity contribution in [3.05, 3.63) is 82.1 Å². The number of methoxy groups -OCH3 is 1. The second-order valence-corrected chi connectivity index (χ2v) is 14.1. The summed E-state index contributed by atoms with van der Waals surface area (Å²) in [7, 11) is 1.65. The number of halogens is 1. The number of rotatable bonds is 8. The minimum atomic E-state index is -1.08. The van der Waals surface area contributed by atoms with Gasteiger partial charge in [-0.05, 0) is 41.9 Å². The molecular formula is C34H45ClN4O4. The molecule has 232 valence electrons. The number of benzene rings is 2. The minimum Gasteiger partial charge on any atom is -0.496 e. The fourth-order valence-electron chi connectivity index (χ4n) is 6.33. The highest BCUT2D eigenvalue weighted by molar-refractivity contribution is 6.31. The maximum absolute atomic E-state index is 14.4. The van der Waals surface area contributed by atoms with Crippen LogP contribution in [0, 0.1) is 18.3 Å². The molecule has 1 aliphatic heterocycles. The van der Waals surface area contributed by atoms with Crippen molar-refractivity contribution in [1.29, 1.82) is 0 Å². The van der Waals surface area contributed by atoms with Crippen molar-refractivity contribution in [3.63, 3.8) is 0 Å². The van der Waals surface area contributed by atoms with E-state index < -0.39 is 35.4 Å². The molecule has 1 fully saturated rings. The van der Waals surface area contributed by atoms with Gasteiger partial charge in [0.2, 0.25) is 5.91 Å². The van der Waals surface area contributed by atoms with Gasteiger partial charge in [-0.25, -0.2) is 4.79 Å². The van der Waals surface area contributed by atoms with Crippen LogP contribution in [0.15, 0.2) is 54.7 Å². The van der Waals surface area contributed by atoms with Gasteiger partial charge in [-0.1, -0.05) is 95.6 Å². The Kier molecular flexibility index (Phi) is 9.33. The number of nitrogens with one attached hydrogen (secondary N) is 1. The van der Waals surface area contributed by atoms with Crippen molar-refractivity contribution in [2.75, 3.05) is 7.11 Å². The Hall–Kier alpha value is -3.36.